The number of benzene rings is 1. The molecule has 2 saturated carbocycles. The Morgan fingerprint density at radius 3 is 2.62 bits per heavy atom. The van der Waals surface area contributed by atoms with Crippen LogP contribution in [0.5, 0.6) is 11.5 Å². The Hall–Kier alpha value is -1.71. The Morgan fingerprint density at radius 2 is 2.00 bits per heavy atom. The van der Waals surface area contributed by atoms with Gasteiger partial charge in [-0.25, -0.2) is 4.79 Å². The van der Waals surface area contributed by atoms with Gasteiger partial charge in [0.1, 0.15) is 23.2 Å². The van der Waals surface area contributed by atoms with E-state index in [4.69, 9.17) is 4.74 Å². The first kappa shape index (κ1) is 14.2. The van der Waals surface area contributed by atoms with Gasteiger partial charge >= 0.3 is 5.97 Å². The van der Waals surface area contributed by atoms with Crippen LogP contribution in [0.4, 0.5) is 0 Å². The first-order valence-electron chi connectivity index (χ1n) is 7.47. The molecule has 2 aliphatic rings. The van der Waals surface area contributed by atoms with Gasteiger partial charge < -0.3 is 14.9 Å². The fourth-order valence-corrected chi connectivity index (χ4v) is 4.41. The van der Waals surface area contributed by atoms with Crippen molar-refractivity contribution in [2.45, 2.75) is 46.1 Å². The van der Waals surface area contributed by atoms with Crippen LogP contribution in [0, 0.1) is 16.7 Å². The van der Waals surface area contributed by atoms with Crippen LogP contribution in [-0.2, 0) is 4.74 Å². The highest BCUT2D eigenvalue weighted by Gasteiger charge is 2.61. The summed E-state index contributed by atoms with van der Waals surface area (Å²) < 4.78 is 5.78. The number of fused-ring (bicyclic) bond motifs is 2. The van der Waals surface area contributed by atoms with Crippen LogP contribution in [0.3, 0.4) is 0 Å². The monoisotopic (exact) mass is 290 g/mol. The van der Waals surface area contributed by atoms with Crippen molar-refractivity contribution in [3.8, 4) is 11.5 Å². The molecule has 0 spiro atoms. The van der Waals surface area contributed by atoms with E-state index in [2.05, 4.69) is 20.8 Å². The van der Waals surface area contributed by atoms with E-state index in [-0.39, 0.29) is 34.0 Å². The molecule has 2 N–H and O–H groups in total. The van der Waals surface area contributed by atoms with Crippen LogP contribution in [0.2, 0.25) is 0 Å². The summed E-state index contributed by atoms with van der Waals surface area (Å²) in [6.07, 6.45) is 3.20. The zero-order valence-corrected chi connectivity index (χ0v) is 12.7. The van der Waals surface area contributed by atoms with E-state index in [0.717, 1.165) is 12.8 Å². The molecule has 3 rings (SSSR count). The summed E-state index contributed by atoms with van der Waals surface area (Å²) in [4.78, 5) is 12.4. The van der Waals surface area contributed by atoms with Crippen molar-refractivity contribution in [1.29, 1.82) is 0 Å². The minimum Gasteiger partial charge on any atom is -0.508 e. The minimum absolute atomic E-state index is 0.0241. The largest absolute Gasteiger partial charge is 0.508 e. The number of carbonyl (C=O) groups excluding carboxylic acids is 1. The summed E-state index contributed by atoms with van der Waals surface area (Å²) in [5, 5.41) is 19.3. The molecule has 21 heavy (non-hydrogen) atoms. The number of esters is 1. The number of phenols is 2. The Bertz CT molecular complexity index is 588. The van der Waals surface area contributed by atoms with Gasteiger partial charge in [-0.15, -0.1) is 0 Å². The predicted molar refractivity (Wildman–Crippen MR) is 78.2 cm³/mol. The molecular formula is C17H22O4. The van der Waals surface area contributed by atoms with Crippen molar-refractivity contribution in [2.24, 2.45) is 16.7 Å². The van der Waals surface area contributed by atoms with E-state index < -0.39 is 5.97 Å². The first-order valence-corrected chi connectivity index (χ1v) is 7.47. The average Bonchev–Trinajstić information content (AvgIpc) is 2.88. The lowest BCUT2D eigenvalue weighted by molar-refractivity contribution is -0.0586. The summed E-state index contributed by atoms with van der Waals surface area (Å²) in [6.45, 7) is 6.49. The number of rotatable bonds is 2. The molecule has 1 aromatic carbocycles. The molecule has 3 atom stereocenters. The van der Waals surface area contributed by atoms with Crippen LogP contribution >= 0.6 is 0 Å². The van der Waals surface area contributed by atoms with Crippen LogP contribution in [0.15, 0.2) is 18.2 Å². The topological polar surface area (TPSA) is 66.8 Å². The number of ether oxygens (including phenoxy) is 1. The van der Waals surface area contributed by atoms with Crippen LogP contribution in [0.25, 0.3) is 0 Å². The quantitative estimate of drug-likeness (QED) is 0.646. The van der Waals surface area contributed by atoms with Crippen molar-refractivity contribution in [2.75, 3.05) is 0 Å². The van der Waals surface area contributed by atoms with Crippen LogP contribution in [-0.4, -0.2) is 22.3 Å². The van der Waals surface area contributed by atoms with E-state index in [0.29, 0.717) is 5.92 Å². The number of phenolic OH excluding ortho intramolecular Hbond substituents is 2. The Morgan fingerprint density at radius 1 is 1.29 bits per heavy atom. The van der Waals surface area contributed by atoms with Gasteiger partial charge in [-0.3, -0.25) is 0 Å². The molecule has 0 unspecified atom stereocenters. The van der Waals surface area contributed by atoms with Gasteiger partial charge in [0, 0.05) is 10.8 Å². The van der Waals surface area contributed by atoms with E-state index >= 15 is 0 Å². The molecule has 0 saturated heterocycles. The van der Waals surface area contributed by atoms with Gasteiger partial charge in [-0.05, 0) is 43.4 Å². The summed E-state index contributed by atoms with van der Waals surface area (Å²) >= 11 is 0. The normalized spacial score (nSPS) is 33.1. The molecule has 4 nitrogen and oxygen atoms in total. The van der Waals surface area contributed by atoms with Gasteiger partial charge in [0.25, 0.3) is 0 Å². The first-order chi connectivity index (χ1) is 9.74. The molecule has 2 bridgehead atoms. The highest BCUT2D eigenvalue weighted by molar-refractivity contribution is 5.93. The minimum atomic E-state index is -0.560. The molecule has 0 aromatic heterocycles. The van der Waals surface area contributed by atoms with Crippen molar-refractivity contribution >= 4 is 5.97 Å². The third kappa shape index (κ3) is 2.08. The van der Waals surface area contributed by atoms with Gasteiger partial charge in [-0.2, -0.15) is 0 Å². The smallest absolute Gasteiger partial charge is 0.342 e. The average molecular weight is 290 g/mol. The molecule has 0 heterocycles. The Labute approximate surface area is 124 Å². The second-order valence-corrected chi connectivity index (χ2v) is 7.40. The van der Waals surface area contributed by atoms with Gasteiger partial charge in [-0.1, -0.05) is 20.8 Å². The number of aromatic hydroxyl groups is 2. The predicted octanol–water partition coefficient (Wildman–Crippen LogP) is 3.47. The fraction of sp³-hybridized carbons (Fsp3) is 0.588. The molecule has 0 radical (unpaired) electrons. The maximum absolute atomic E-state index is 12.4. The van der Waals surface area contributed by atoms with Crippen molar-refractivity contribution in [1.82, 2.24) is 0 Å². The number of carbonyl (C=O) groups is 1. The third-order valence-corrected chi connectivity index (χ3v) is 5.56. The second kappa shape index (κ2) is 4.39. The summed E-state index contributed by atoms with van der Waals surface area (Å²) in [7, 11) is 0. The van der Waals surface area contributed by atoms with E-state index in [1.54, 1.807) is 0 Å². The molecule has 2 aliphatic carbocycles. The SMILES string of the molecule is CC1(C)[C@H]2CC[C@](C)(C2)[C@H]1OC(=O)c1cc(O)ccc1O. The molecule has 0 aliphatic heterocycles. The van der Waals surface area contributed by atoms with Crippen molar-refractivity contribution in [3.63, 3.8) is 0 Å². The molecule has 114 valence electrons. The molecular weight excluding hydrogens is 268 g/mol. The lowest BCUT2D eigenvalue weighted by Gasteiger charge is -2.41. The summed E-state index contributed by atoms with van der Waals surface area (Å²) in [6, 6.07) is 3.90. The zero-order valence-electron chi connectivity index (χ0n) is 12.7. The highest BCUT2D eigenvalue weighted by Crippen LogP contribution is 2.63. The Balaban J connectivity index is 1.86. The van der Waals surface area contributed by atoms with Gasteiger partial charge in [0.15, 0.2) is 0 Å². The fourth-order valence-electron chi connectivity index (χ4n) is 4.41. The number of hydrogen-bond acceptors (Lipinski definition) is 4. The zero-order chi connectivity index (χ0) is 15.4. The maximum Gasteiger partial charge on any atom is 0.342 e. The third-order valence-electron chi connectivity index (χ3n) is 5.56. The van der Waals surface area contributed by atoms with Gasteiger partial charge in [0.2, 0.25) is 0 Å². The molecule has 2 fully saturated rings. The lowest BCUT2D eigenvalue weighted by atomic mass is 9.70. The lowest BCUT2D eigenvalue weighted by Crippen LogP contribution is -2.43. The van der Waals surface area contributed by atoms with Crippen LogP contribution < -0.4 is 0 Å². The van der Waals surface area contributed by atoms with Crippen molar-refractivity contribution < 1.29 is 19.7 Å². The number of hydrogen-bond donors (Lipinski definition) is 2. The molecule has 1 aromatic rings. The van der Waals surface area contributed by atoms with E-state index in [9.17, 15) is 15.0 Å². The standard InChI is InChI=1S/C17H22O4/c1-16(2)10-6-7-17(3,9-10)15(16)21-14(20)12-8-11(18)4-5-13(12)19/h4-5,8,10,15,18-19H,6-7,9H2,1-3H3/t10-,15-,17+/m0/s1. The maximum atomic E-state index is 12.4. The van der Waals surface area contributed by atoms with E-state index in [1.807, 2.05) is 0 Å². The summed E-state index contributed by atoms with van der Waals surface area (Å²) in [5.41, 5.74) is 0.00271. The summed E-state index contributed by atoms with van der Waals surface area (Å²) in [5.74, 6) is -0.199. The highest BCUT2D eigenvalue weighted by atomic mass is 16.5. The van der Waals surface area contributed by atoms with Gasteiger partial charge in [0.05, 0.1) is 0 Å². The second-order valence-electron chi connectivity index (χ2n) is 7.40. The molecule has 0 amide bonds. The van der Waals surface area contributed by atoms with Crippen molar-refractivity contribution in [3.05, 3.63) is 23.8 Å². The van der Waals surface area contributed by atoms with E-state index in [1.165, 1.54) is 24.6 Å². The molecule has 4 heteroatoms. The Kier molecular flexibility index (Phi) is 2.98. The van der Waals surface area contributed by atoms with Crippen LogP contribution in [0.1, 0.15) is 50.4 Å².